The number of imide groups is 1. The molecule has 2 amide bonds. The number of fused-ring (bicyclic) bond motifs is 1. The molecule has 0 saturated carbocycles. The highest BCUT2D eigenvalue weighted by molar-refractivity contribution is 7.99. The molecule has 0 N–H and O–H groups in total. The second kappa shape index (κ2) is 5.05. The molecule has 0 bridgehead atoms. The van der Waals surface area contributed by atoms with Gasteiger partial charge in [0, 0.05) is 25.1 Å². The first-order valence-electron chi connectivity index (χ1n) is 6.05. The van der Waals surface area contributed by atoms with Crippen LogP contribution in [-0.2, 0) is 9.59 Å². The summed E-state index contributed by atoms with van der Waals surface area (Å²) in [6, 6.07) is 7.54. The fourth-order valence-electron chi connectivity index (χ4n) is 2.01. The van der Waals surface area contributed by atoms with Crippen molar-refractivity contribution in [1.29, 1.82) is 0 Å². The van der Waals surface area contributed by atoms with Gasteiger partial charge in [-0.3, -0.25) is 14.5 Å². The van der Waals surface area contributed by atoms with Crippen LogP contribution in [0.15, 0.2) is 33.9 Å². The summed E-state index contributed by atoms with van der Waals surface area (Å²) in [6.07, 6.45) is 0.679. The number of thioether (sulfide) groups is 1. The molecule has 0 radical (unpaired) electrons. The largest absolute Gasteiger partial charge is 0.431 e. The normalized spacial score (nSPS) is 15.7. The first-order valence-corrected chi connectivity index (χ1v) is 7.04. The molecule has 5 nitrogen and oxygen atoms in total. The van der Waals surface area contributed by atoms with Crippen LogP contribution in [0, 0.1) is 0 Å². The lowest BCUT2D eigenvalue weighted by atomic mass is 10.3. The monoisotopic (exact) mass is 276 g/mol. The van der Waals surface area contributed by atoms with E-state index in [4.69, 9.17) is 4.42 Å². The molecule has 0 spiro atoms. The Morgan fingerprint density at radius 2 is 1.95 bits per heavy atom. The van der Waals surface area contributed by atoms with Gasteiger partial charge in [0.25, 0.3) is 5.22 Å². The topological polar surface area (TPSA) is 63.4 Å². The number of amides is 2. The van der Waals surface area contributed by atoms with Gasteiger partial charge in [-0.1, -0.05) is 23.9 Å². The molecule has 19 heavy (non-hydrogen) atoms. The highest BCUT2D eigenvalue weighted by Crippen LogP contribution is 2.23. The highest BCUT2D eigenvalue weighted by atomic mass is 32.2. The van der Waals surface area contributed by atoms with Crippen LogP contribution in [-0.4, -0.2) is 34.0 Å². The van der Waals surface area contributed by atoms with Gasteiger partial charge in [-0.25, -0.2) is 4.98 Å². The Morgan fingerprint density at radius 3 is 2.68 bits per heavy atom. The lowest BCUT2D eigenvalue weighted by Gasteiger charge is -2.11. The van der Waals surface area contributed by atoms with Gasteiger partial charge < -0.3 is 4.42 Å². The minimum atomic E-state index is -0.0804. The molecule has 2 aromatic rings. The van der Waals surface area contributed by atoms with E-state index in [0.717, 1.165) is 11.1 Å². The van der Waals surface area contributed by atoms with Gasteiger partial charge in [-0.2, -0.15) is 0 Å². The number of para-hydroxylation sites is 2. The number of hydrogen-bond donors (Lipinski definition) is 0. The summed E-state index contributed by atoms with van der Waals surface area (Å²) in [6.45, 7) is 0.418. The fraction of sp³-hybridized carbons (Fsp3) is 0.308. The Labute approximate surface area is 114 Å². The van der Waals surface area contributed by atoms with Crippen LogP contribution in [0.2, 0.25) is 0 Å². The van der Waals surface area contributed by atoms with E-state index >= 15 is 0 Å². The third-order valence-electron chi connectivity index (χ3n) is 2.97. The van der Waals surface area contributed by atoms with Crippen LogP contribution in [0.5, 0.6) is 0 Å². The van der Waals surface area contributed by atoms with Crippen LogP contribution in [0.3, 0.4) is 0 Å². The Kier molecular flexibility index (Phi) is 3.25. The summed E-state index contributed by atoms with van der Waals surface area (Å²) in [5.41, 5.74) is 1.57. The Morgan fingerprint density at radius 1 is 1.21 bits per heavy atom. The summed E-state index contributed by atoms with van der Waals surface area (Å²) in [5.74, 6) is 0.441. The van der Waals surface area contributed by atoms with E-state index in [0.29, 0.717) is 30.4 Å². The molecule has 3 rings (SSSR count). The average molecular weight is 276 g/mol. The Balaban J connectivity index is 1.60. The minimum absolute atomic E-state index is 0.0804. The maximum Gasteiger partial charge on any atom is 0.256 e. The summed E-state index contributed by atoms with van der Waals surface area (Å²) >= 11 is 1.41. The van der Waals surface area contributed by atoms with E-state index in [-0.39, 0.29) is 11.8 Å². The summed E-state index contributed by atoms with van der Waals surface area (Å²) < 4.78 is 5.55. The number of rotatable bonds is 4. The molecular formula is C13H12N2O3S. The van der Waals surface area contributed by atoms with E-state index in [2.05, 4.69) is 4.98 Å². The molecule has 1 saturated heterocycles. The minimum Gasteiger partial charge on any atom is -0.431 e. The molecular weight excluding hydrogens is 264 g/mol. The van der Waals surface area contributed by atoms with Gasteiger partial charge in [0.15, 0.2) is 5.58 Å². The smallest absolute Gasteiger partial charge is 0.256 e. The molecule has 0 unspecified atom stereocenters. The lowest BCUT2D eigenvalue weighted by molar-refractivity contribution is -0.137. The first kappa shape index (κ1) is 12.2. The van der Waals surface area contributed by atoms with Gasteiger partial charge >= 0.3 is 0 Å². The summed E-state index contributed by atoms with van der Waals surface area (Å²) in [4.78, 5) is 28.5. The van der Waals surface area contributed by atoms with Crippen molar-refractivity contribution in [2.75, 3.05) is 12.3 Å². The van der Waals surface area contributed by atoms with E-state index in [1.807, 2.05) is 24.3 Å². The molecule has 6 heteroatoms. The van der Waals surface area contributed by atoms with Gasteiger partial charge in [0.1, 0.15) is 5.52 Å². The van der Waals surface area contributed by atoms with Gasteiger partial charge in [0.05, 0.1) is 0 Å². The Bertz CT molecular complexity index is 589. The van der Waals surface area contributed by atoms with Crippen molar-refractivity contribution < 1.29 is 14.0 Å². The van der Waals surface area contributed by atoms with Crippen LogP contribution >= 0.6 is 11.8 Å². The number of benzene rings is 1. The molecule has 1 fully saturated rings. The van der Waals surface area contributed by atoms with Crippen molar-refractivity contribution >= 4 is 34.7 Å². The van der Waals surface area contributed by atoms with Crippen molar-refractivity contribution in [2.24, 2.45) is 0 Å². The first-order chi connectivity index (χ1) is 9.24. The van der Waals surface area contributed by atoms with Gasteiger partial charge in [0.2, 0.25) is 11.8 Å². The number of oxazole rings is 1. The fourth-order valence-corrected chi connectivity index (χ4v) is 2.77. The molecule has 98 valence electrons. The van der Waals surface area contributed by atoms with Crippen molar-refractivity contribution in [2.45, 2.75) is 18.1 Å². The van der Waals surface area contributed by atoms with Crippen LogP contribution in [0.4, 0.5) is 0 Å². The third-order valence-corrected chi connectivity index (χ3v) is 3.78. The van der Waals surface area contributed by atoms with Gasteiger partial charge in [-0.05, 0) is 12.1 Å². The molecule has 0 atom stereocenters. The second-order valence-corrected chi connectivity index (χ2v) is 5.28. The van der Waals surface area contributed by atoms with E-state index in [1.54, 1.807) is 0 Å². The molecule has 1 aromatic heterocycles. The maximum absolute atomic E-state index is 11.4. The van der Waals surface area contributed by atoms with Crippen molar-refractivity contribution in [3.63, 3.8) is 0 Å². The zero-order chi connectivity index (χ0) is 13.2. The van der Waals surface area contributed by atoms with Crippen molar-refractivity contribution in [1.82, 2.24) is 9.88 Å². The predicted molar refractivity (Wildman–Crippen MR) is 70.7 cm³/mol. The van der Waals surface area contributed by atoms with E-state index in [1.165, 1.54) is 16.7 Å². The zero-order valence-corrected chi connectivity index (χ0v) is 11.0. The highest BCUT2D eigenvalue weighted by Gasteiger charge is 2.28. The summed E-state index contributed by atoms with van der Waals surface area (Å²) in [7, 11) is 0. The molecule has 1 aliphatic heterocycles. The molecule has 0 aliphatic carbocycles. The SMILES string of the molecule is O=C1CCC(=O)N1CCSc1nc2ccccc2o1. The standard InChI is InChI=1S/C13H12N2O3S/c16-11-5-6-12(17)15(11)7-8-19-13-14-9-3-1-2-4-10(9)18-13/h1-4H,5-8H2. The lowest BCUT2D eigenvalue weighted by Crippen LogP contribution is -2.31. The van der Waals surface area contributed by atoms with Crippen LogP contribution in [0.25, 0.3) is 11.1 Å². The van der Waals surface area contributed by atoms with Crippen molar-refractivity contribution in [3.8, 4) is 0 Å². The zero-order valence-electron chi connectivity index (χ0n) is 10.2. The molecule has 1 aliphatic rings. The van der Waals surface area contributed by atoms with E-state index < -0.39 is 0 Å². The number of nitrogens with zero attached hydrogens (tertiary/aromatic N) is 2. The van der Waals surface area contributed by atoms with Crippen molar-refractivity contribution in [3.05, 3.63) is 24.3 Å². The van der Waals surface area contributed by atoms with Crippen LogP contribution < -0.4 is 0 Å². The second-order valence-electron chi connectivity index (χ2n) is 4.24. The van der Waals surface area contributed by atoms with Crippen LogP contribution in [0.1, 0.15) is 12.8 Å². The number of likely N-dealkylation sites (tertiary alicyclic amines) is 1. The Hall–Kier alpha value is -1.82. The van der Waals surface area contributed by atoms with E-state index in [9.17, 15) is 9.59 Å². The average Bonchev–Trinajstić information content (AvgIpc) is 2.95. The molecule has 1 aromatic carbocycles. The quantitative estimate of drug-likeness (QED) is 0.632. The van der Waals surface area contributed by atoms with Gasteiger partial charge in [-0.15, -0.1) is 0 Å². The number of aromatic nitrogens is 1. The number of hydrogen-bond acceptors (Lipinski definition) is 5. The maximum atomic E-state index is 11.4. The number of carbonyl (C=O) groups excluding carboxylic acids is 2. The molecule has 2 heterocycles. The number of carbonyl (C=O) groups is 2. The third kappa shape index (κ3) is 2.49. The summed E-state index contributed by atoms with van der Waals surface area (Å²) in [5, 5.41) is 0.570. The predicted octanol–water partition coefficient (Wildman–Crippen LogP) is 2.07.